The number of nitrogens with one attached hydrogen (secondary N) is 4. The maximum atomic E-state index is 13.4. The molecular formula is C40H54N8O11. The van der Waals surface area contributed by atoms with E-state index in [1.807, 2.05) is 6.92 Å². The summed E-state index contributed by atoms with van der Waals surface area (Å²) in [5.74, 6) is -2.17. The van der Waals surface area contributed by atoms with Gasteiger partial charge in [0.2, 0.25) is 17.7 Å². The molecule has 0 bridgehead atoms. The molecule has 0 saturated carbocycles. The lowest BCUT2D eigenvalue weighted by molar-refractivity contribution is -0.145. The molecule has 1 saturated heterocycles. The molecule has 2 heterocycles. The Morgan fingerprint density at radius 1 is 0.932 bits per heavy atom. The summed E-state index contributed by atoms with van der Waals surface area (Å²) in [4.78, 5) is 87.3. The number of nitrogens with zero attached hydrogens (tertiary/aromatic N) is 4. The zero-order valence-electron chi connectivity index (χ0n) is 34.7. The van der Waals surface area contributed by atoms with Gasteiger partial charge in [-0.15, -0.1) is 0 Å². The Kier molecular flexibility index (Phi) is 16.2. The maximum absolute atomic E-state index is 13.4. The second-order valence-corrected chi connectivity index (χ2v) is 14.0. The number of hydrogen-bond acceptors (Lipinski definition) is 14. The van der Waals surface area contributed by atoms with Gasteiger partial charge in [-0.2, -0.15) is 0 Å². The van der Waals surface area contributed by atoms with Gasteiger partial charge in [0.25, 0.3) is 17.7 Å². The van der Waals surface area contributed by atoms with Crippen molar-refractivity contribution in [2.24, 2.45) is 10.9 Å². The minimum Gasteiger partial charge on any atom is -0.493 e. The number of amides is 6. The molecule has 4 rings (SSSR count). The first-order valence-corrected chi connectivity index (χ1v) is 19.2. The van der Waals surface area contributed by atoms with Crippen LogP contribution in [-0.2, 0) is 24.0 Å². The third kappa shape index (κ3) is 11.1. The van der Waals surface area contributed by atoms with Crippen molar-refractivity contribution in [2.75, 3.05) is 46.6 Å². The van der Waals surface area contributed by atoms with Crippen molar-refractivity contribution in [1.82, 2.24) is 31.6 Å². The molecule has 0 aromatic heterocycles. The molecule has 59 heavy (non-hydrogen) atoms. The highest BCUT2D eigenvalue weighted by atomic mass is 16.7. The normalized spacial score (nSPS) is 15.9. The van der Waals surface area contributed by atoms with Gasteiger partial charge in [0.1, 0.15) is 12.1 Å². The van der Waals surface area contributed by atoms with Crippen LogP contribution in [0.5, 0.6) is 23.0 Å². The summed E-state index contributed by atoms with van der Waals surface area (Å²) in [5.41, 5.74) is 6.42. The molecule has 0 spiro atoms. The van der Waals surface area contributed by atoms with Gasteiger partial charge in [-0.3, -0.25) is 49.0 Å². The molecular weight excluding hydrogens is 768 g/mol. The predicted octanol–water partition coefficient (Wildman–Crippen LogP) is 2.96. The van der Waals surface area contributed by atoms with E-state index < -0.39 is 41.6 Å². The predicted molar refractivity (Wildman–Crippen MR) is 216 cm³/mol. The van der Waals surface area contributed by atoms with Crippen LogP contribution in [0.15, 0.2) is 42.0 Å². The van der Waals surface area contributed by atoms with Crippen LogP contribution in [0.2, 0.25) is 0 Å². The molecule has 320 valence electrons. The molecule has 0 radical (unpaired) electrons. The van der Waals surface area contributed by atoms with Gasteiger partial charge in [-0.1, -0.05) is 33.8 Å². The van der Waals surface area contributed by atoms with Crippen LogP contribution < -0.4 is 45.4 Å². The fourth-order valence-electron chi connectivity index (χ4n) is 6.24. The van der Waals surface area contributed by atoms with Crippen molar-refractivity contribution in [3.05, 3.63) is 48.2 Å². The zero-order chi connectivity index (χ0) is 43.4. The monoisotopic (exact) mass is 822 g/mol. The Bertz CT molecular complexity index is 1920. The Morgan fingerprint density at radius 3 is 2.14 bits per heavy atom. The first kappa shape index (κ1) is 45.5. The number of imide groups is 1. The number of ether oxygens (including phenoxy) is 4. The van der Waals surface area contributed by atoms with Crippen LogP contribution >= 0.6 is 0 Å². The van der Waals surface area contributed by atoms with E-state index in [0.717, 1.165) is 11.4 Å². The van der Waals surface area contributed by atoms with E-state index >= 15 is 0 Å². The number of anilines is 1. The number of benzene rings is 2. The van der Waals surface area contributed by atoms with Gasteiger partial charge in [0.05, 0.1) is 63.1 Å². The van der Waals surface area contributed by atoms with E-state index in [2.05, 4.69) is 33.1 Å². The Morgan fingerprint density at radius 2 is 1.56 bits per heavy atom. The Balaban J connectivity index is 1.45. The van der Waals surface area contributed by atoms with Gasteiger partial charge in [0, 0.05) is 44.7 Å². The first-order valence-electron chi connectivity index (χ1n) is 19.2. The van der Waals surface area contributed by atoms with Crippen LogP contribution in [0, 0.1) is 5.92 Å². The smallest absolute Gasteiger partial charge is 0.280 e. The summed E-state index contributed by atoms with van der Waals surface area (Å²) in [7, 11) is 5.83. The summed E-state index contributed by atoms with van der Waals surface area (Å²) in [6.45, 7) is 10.8. The van der Waals surface area contributed by atoms with Crippen molar-refractivity contribution in [3.8, 4) is 23.0 Å². The molecule has 2 aliphatic rings. The van der Waals surface area contributed by atoms with E-state index in [4.69, 9.17) is 23.8 Å². The molecule has 6 amide bonds. The lowest BCUT2D eigenvalue weighted by Gasteiger charge is -2.28. The summed E-state index contributed by atoms with van der Waals surface area (Å²) in [6.07, 6.45) is 4.86. The number of rotatable bonds is 21. The summed E-state index contributed by atoms with van der Waals surface area (Å²) >= 11 is 0. The molecule has 2 aromatic carbocycles. The minimum atomic E-state index is -1.08. The molecule has 2 aromatic rings. The fraction of sp³-hybridized carbons (Fsp3) is 0.475. The largest absolute Gasteiger partial charge is 0.493 e. The van der Waals surface area contributed by atoms with Crippen LogP contribution in [0.1, 0.15) is 80.5 Å². The molecule has 0 unspecified atom stereocenters. The fourth-order valence-corrected chi connectivity index (χ4v) is 6.24. The van der Waals surface area contributed by atoms with Gasteiger partial charge < -0.3 is 29.6 Å². The van der Waals surface area contributed by atoms with E-state index in [0.29, 0.717) is 35.6 Å². The highest BCUT2D eigenvalue weighted by molar-refractivity contribution is 6.04. The first-order chi connectivity index (χ1) is 28.2. The number of aliphatic imine (C=N–C) groups is 1. The van der Waals surface area contributed by atoms with E-state index in [9.17, 15) is 28.8 Å². The number of hydroxylamine groups is 2. The lowest BCUT2D eigenvalue weighted by Crippen LogP contribution is -2.59. The number of carbonyl (C=O) groups excluding carboxylic acids is 6. The number of fused-ring (bicyclic) bond motifs is 1. The molecule has 0 aliphatic carbocycles. The molecule has 4 N–H and O–H groups in total. The van der Waals surface area contributed by atoms with Crippen LogP contribution in [0.3, 0.4) is 0 Å². The SMILES string of the molecule is C=CNC(=O)c1cc(OC)c(OCCCOc2cc3c(cc2OC)C(=O)N(OC)[C@@H](CCC)C=N3)cc1N(C)NC(=O)[C@H](C)NC(=O)[C@@H](NN1C(=O)CCC1=O)C(C)C. The number of carbonyl (C=O) groups is 6. The van der Waals surface area contributed by atoms with Crippen molar-refractivity contribution in [2.45, 2.75) is 77.9 Å². The third-order valence-corrected chi connectivity index (χ3v) is 9.40. The van der Waals surface area contributed by atoms with Crippen LogP contribution in [-0.4, -0.2) is 111 Å². The number of hydrazine groups is 2. The molecule has 3 atom stereocenters. The Hall–Kier alpha value is -6.21. The number of hydrogen-bond donors (Lipinski definition) is 4. The van der Waals surface area contributed by atoms with Gasteiger partial charge in [0.15, 0.2) is 23.0 Å². The van der Waals surface area contributed by atoms with E-state index in [1.54, 1.807) is 32.2 Å². The molecule has 1 fully saturated rings. The highest BCUT2D eigenvalue weighted by Crippen LogP contribution is 2.38. The summed E-state index contributed by atoms with van der Waals surface area (Å²) in [5, 5.41) is 8.59. The third-order valence-electron chi connectivity index (χ3n) is 9.40. The van der Waals surface area contributed by atoms with Crippen molar-refractivity contribution in [1.29, 1.82) is 0 Å². The second kappa shape index (κ2) is 21.0. The second-order valence-electron chi connectivity index (χ2n) is 14.0. The van der Waals surface area contributed by atoms with Crippen LogP contribution in [0.25, 0.3) is 0 Å². The van der Waals surface area contributed by atoms with E-state index in [1.165, 1.54) is 63.7 Å². The Labute approximate surface area is 343 Å². The molecule has 19 nitrogen and oxygen atoms in total. The average Bonchev–Trinajstić information content (AvgIpc) is 3.46. The summed E-state index contributed by atoms with van der Waals surface area (Å²) < 4.78 is 23.2. The van der Waals surface area contributed by atoms with Crippen LogP contribution in [0.4, 0.5) is 11.4 Å². The highest BCUT2D eigenvalue weighted by Gasteiger charge is 2.35. The van der Waals surface area contributed by atoms with Crippen molar-refractivity contribution in [3.63, 3.8) is 0 Å². The lowest BCUT2D eigenvalue weighted by atomic mass is 10.0. The molecule has 19 heteroatoms. The number of methoxy groups -OCH3 is 2. The van der Waals surface area contributed by atoms with Gasteiger partial charge in [-0.25, -0.2) is 15.5 Å². The van der Waals surface area contributed by atoms with Crippen molar-refractivity contribution >= 4 is 53.0 Å². The minimum absolute atomic E-state index is 0.0459. The zero-order valence-corrected chi connectivity index (χ0v) is 34.7. The standard InChI is InChI=1S/C40H54N8O11/c1-10-13-25-22-42-28-20-32(30(55-7)18-26(28)40(54)48(25)57-9)58-16-12-17-59-33-21-29(27(19-31(33)56-8)38(52)41-11-2)46(6)45-37(51)24(5)43-39(53)36(23(3)4)44-47-34(49)14-15-35(47)50/h11,18-25,36,44H,2,10,12-17H2,1,3-9H3,(H,41,52)(H,43,53)(H,45,51)/t24-,25-,36-/m0/s1. The van der Waals surface area contributed by atoms with Crippen molar-refractivity contribution < 1.29 is 52.6 Å². The summed E-state index contributed by atoms with van der Waals surface area (Å²) in [6, 6.07) is 3.78. The maximum Gasteiger partial charge on any atom is 0.280 e. The van der Waals surface area contributed by atoms with E-state index in [-0.39, 0.29) is 66.7 Å². The van der Waals surface area contributed by atoms with Gasteiger partial charge >= 0.3 is 0 Å². The van der Waals surface area contributed by atoms with Gasteiger partial charge in [-0.05, 0) is 37.6 Å². The quantitative estimate of drug-likeness (QED) is 0.0810. The topological polar surface area (TPSA) is 219 Å². The average molecular weight is 823 g/mol. The molecule has 2 aliphatic heterocycles.